The molecule has 1 N–H and O–H groups in total. The van der Waals surface area contributed by atoms with E-state index in [4.69, 9.17) is 4.74 Å². The van der Waals surface area contributed by atoms with E-state index < -0.39 is 0 Å². The average Bonchev–Trinajstić information content (AvgIpc) is 2.98. The number of ether oxygens (including phenoxy) is 1. The first kappa shape index (κ1) is 12.9. The molecule has 0 saturated carbocycles. The zero-order valence-electron chi connectivity index (χ0n) is 11.2. The van der Waals surface area contributed by atoms with Gasteiger partial charge in [-0.25, -0.2) is 0 Å². The number of nitrogens with one attached hydrogen (secondary N) is 1. The van der Waals surface area contributed by atoms with Crippen LogP contribution in [0.4, 0.5) is 0 Å². The Morgan fingerprint density at radius 1 is 1.35 bits per heavy atom. The first-order valence-electron chi connectivity index (χ1n) is 6.74. The molecule has 0 bridgehead atoms. The standard InChI is InChI=1S/C15H17N3O2/c19-15(10-18-7-3-6-17-18)16-9-14-8-12-4-1-2-5-13(12)11-20-14/h1-7,14H,8-11H2,(H,16,19). The predicted octanol–water partition coefficient (Wildman–Crippen LogP) is 1.14. The largest absolute Gasteiger partial charge is 0.371 e. The molecule has 0 aliphatic carbocycles. The first-order chi connectivity index (χ1) is 9.81. The molecule has 2 heterocycles. The van der Waals surface area contributed by atoms with Crippen LogP contribution in [-0.2, 0) is 29.1 Å². The van der Waals surface area contributed by atoms with Crippen molar-refractivity contribution in [3.63, 3.8) is 0 Å². The van der Waals surface area contributed by atoms with Gasteiger partial charge >= 0.3 is 0 Å². The highest BCUT2D eigenvalue weighted by molar-refractivity contribution is 5.75. The smallest absolute Gasteiger partial charge is 0.241 e. The van der Waals surface area contributed by atoms with E-state index in [1.165, 1.54) is 11.1 Å². The molecule has 1 atom stereocenters. The van der Waals surface area contributed by atoms with Crippen molar-refractivity contribution in [3.8, 4) is 0 Å². The molecule has 3 rings (SSSR count). The van der Waals surface area contributed by atoms with Gasteiger partial charge in [0, 0.05) is 25.4 Å². The Hall–Kier alpha value is -2.14. The van der Waals surface area contributed by atoms with Gasteiger partial charge in [0.25, 0.3) is 0 Å². The van der Waals surface area contributed by atoms with Crippen LogP contribution >= 0.6 is 0 Å². The Bertz CT molecular complexity index is 581. The van der Waals surface area contributed by atoms with Crippen LogP contribution in [-0.4, -0.2) is 28.3 Å². The van der Waals surface area contributed by atoms with E-state index in [1.807, 2.05) is 12.1 Å². The fourth-order valence-corrected chi connectivity index (χ4v) is 2.37. The van der Waals surface area contributed by atoms with Gasteiger partial charge in [-0.15, -0.1) is 0 Å². The third-order valence-corrected chi connectivity index (χ3v) is 3.43. The van der Waals surface area contributed by atoms with E-state index in [-0.39, 0.29) is 18.6 Å². The van der Waals surface area contributed by atoms with Crippen molar-refractivity contribution in [2.45, 2.75) is 25.7 Å². The molecule has 1 amide bonds. The van der Waals surface area contributed by atoms with Crippen molar-refractivity contribution in [1.82, 2.24) is 15.1 Å². The van der Waals surface area contributed by atoms with Gasteiger partial charge in [-0.05, 0) is 17.2 Å². The molecular weight excluding hydrogens is 254 g/mol. The fraction of sp³-hybridized carbons (Fsp3) is 0.333. The summed E-state index contributed by atoms with van der Waals surface area (Å²) >= 11 is 0. The molecule has 1 unspecified atom stereocenters. The third-order valence-electron chi connectivity index (χ3n) is 3.43. The number of nitrogens with zero attached hydrogens (tertiary/aromatic N) is 2. The lowest BCUT2D eigenvalue weighted by Crippen LogP contribution is -2.38. The highest BCUT2D eigenvalue weighted by Crippen LogP contribution is 2.19. The van der Waals surface area contributed by atoms with Gasteiger partial charge in [0.2, 0.25) is 5.91 Å². The molecule has 1 aliphatic rings. The van der Waals surface area contributed by atoms with Crippen LogP contribution in [0.5, 0.6) is 0 Å². The van der Waals surface area contributed by atoms with Gasteiger partial charge in [0.05, 0.1) is 12.7 Å². The van der Waals surface area contributed by atoms with Crippen LogP contribution in [0.25, 0.3) is 0 Å². The molecule has 0 spiro atoms. The number of hydrogen-bond donors (Lipinski definition) is 1. The van der Waals surface area contributed by atoms with E-state index in [0.717, 1.165) is 6.42 Å². The lowest BCUT2D eigenvalue weighted by molar-refractivity contribution is -0.122. The van der Waals surface area contributed by atoms with E-state index in [2.05, 4.69) is 22.5 Å². The number of fused-ring (bicyclic) bond motifs is 1. The number of aromatic nitrogens is 2. The van der Waals surface area contributed by atoms with Gasteiger partial charge in [0.15, 0.2) is 0 Å². The number of amides is 1. The zero-order valence-corrected chi connectivity index (χ0v) is 11.2. The first-order valence-corrected chi connectivity index (χ1v) is 6.74. The van der Waals surface area contributed by atoms with Gasteiger partial charge in [0.1, 0.15) is 6.54 Å². The summed E-state index contributed by atoms with van der Waals surface area (Å²) in [5, 5.41) is 6.90. The lowest BCUT2D eigenvalue weighted by Gasteiger charge is -2.25. The summed E-state index contributed by atoms with van der Waals surface area (Å²) in [7, 11) is 0. The van der Waals surface area contributed by atoms with Crippen molar-refractivity contribution in [1.29, 1.82) is 0 Å². The Kier molecular flexibility index (Phi) is 3.78. The van der Waals surface area contributed by atoms with E-state index in [1.54, 1.807) is 23.1 Å². The maximum atomic E-state index is 11.8. The van der Waals surface area contributed by atoms with Crippen LogP contribution in [0.15, 0.2) is 42.7 Å². The summed E-state index contributed by atoms with van der Waals surface area (Å²) in [4.78, 5) is 11.8. The molecule has 0 fully saturated rings. The predicted molar refractivity (Wildman–Crippen MR) is 74.0 cm³/mol. The molecule has 0 radical (unpaired) electrons. The number of carbonyl (C=O) groups excluding carboxylic acids is 1. The van der Waals surface area contributed by atoms with Crippen molar-refractivity contribution in [3.05, 3.63) is 53.9 Å². The second kappa shape index (κ2) is 5.88. The van der Waals surface area contributed by atoms with E-state index in [9.17, 15) is 4.79 Å². The van der Waals surface area contributed by atoms with Gasteiger partial charge in [-0.2, -0.15) is 5.10 Å². The van der Waals surface area contributed by atoms with Crippen LogP contribution in [0, 0.1) is 0 Å². The molecule has 20 heavy (non-hydrogen) atoms. The summed E-state index contributed by atoms with van der Waals surface area (Å²) in [6, 6.07) is 10.1. The Labute approximate surface area is 117 Å². The van der Waals surface area contributed by atoms with E-state index in [0.29, 0.717) is 13.2 Å². The quantitative estimate of drug-likeness (QED) is 0.907. The fourth-order valence-electron chi connectivity index (χ4n) is 2.37. The second-order valence-electron chi connectivity index (χ2n) is 4.91. The van der Waals surface area contributed by atoms with Crippen LogP contribution < -0.4 is 5.32 Å². The maximum absolute atomic E-state index is 11.8. The molecule has 5 heteroatoms. The Balaban J connectivity index is 1.49. The third kappa shape index (κ3) is 3.05. The topological polar surface area (TPSA) is 56.2 Å². The molecule has 104 valence electrons. The monoisotopic (exact) mass is 271 g/mol. The van der Waals surface area contributed by atoms with Crippen molar-refractivity contribution in [2.24, 2.45) is 0 Å². The summed E-state index contributed by atoms with van der Waals surface area (Å²) in [5.74, 6) is -0.0452. The highest BCUT2D eigenvalue weighted by atomic mass is 16.5. The minimum Gasteiger partial charge on any atom is -0.371 e. The van der Waals surface area contributed by atoms with Crippen molar-refractivity contribution in [2.75, 3.05) is 6.54 Å². The highest BCUT2D eigenvalue weighted by Gasteiger charge is 2.19. The lowest BCUT2D eigenvalue weighted by atomic mass is 9.99. The Morgan fingerprint density at radius 2 is 2.20 bits per heavy atom. The molecule has 1 aromatic carbocycles. The summed E-state index contributed by atoms with van der Waals surface area (Å²) in [6.45, 7) is 1.40. The molecular formula is C15H17N3O2. The number of carbonyl (C=O) groups is 1. The number of benzene rings is 1. The summed E-state index contributed by atoms with van der Waals surface area (Å²) < 4.78 is 7.36. The molecule has 5 nitrogen and oxygen atoms in total. The minimum atomic E-state index is -0.0452. The maximum Gasteiger partial charge on any atom is 0.241 e. The molecule has 2 aromatic rings. The number of hydrogen-bond acceptors (Lipinski definition) is 3. The van der Waals surface area contributed by atoms with Gasteiger partial charge in [-0.1, -0.05) is 24.3 Å². The summed E-state index contributed by atoms with van der Waals surface area (Å²) in [5.41, 5.74) is 2.55. The molecule has 0 saturated heterocycles. The SMILES string of the molecule is O=C(Cn1cccn1)NCC1Cc2ccccc2CO1. The number of rotatable bonds is 4. The average molecular weight is 271 g/mol. The zero-order chi connectivity index (χ0) is 13.8. The molecule has 1 aromatic heterocycles. The molecule has 1 aliphatic heterocycles. The minimum absolute atomic E-state index is 0.0452. The van der Waals surface area contributed by atoms with Crippen molar-refractivity contribution < 1.29 is 9.53 Å². The normalized spacial score (nSPS) is 17.5. The van der Waals surface area contributed by atoms with Gasteiger partial charge < -0.3 is 10.1 Å². The van der Waals surface area contributed by atoms with E-state index >= 15 is 0 Å². The van der Waals surface area contributed by atoms with Crippen LogP contribution in [0.1, 0.15) is 11.1 Å². The van der Waals surface area contributed by atoms with Crippen LogP contribution in [0.3, 0.4) is 0 Å². The Morgan fingerprint density at radius 3 is 3.00 bits per heavy atom. The van der Waals surface area contributed by atoms with Gasteiger partial charge in [-0.3, -0.25) is 9.48 Å². The van der Waals surface area contributed by atoms with Crippen molar-refractivity contribution >= 4 is 5.91 Å². The second-order valence-corrected chi connectivity index (χ2v) is 4.91. The summed E-state index contributed by atoms with van der Waals surface area (Å²) in [6.07, 6.45) is 4.33. The van der Waals surface area contributed by atoms with Crippen LogP contribution in [0.2, 0.25) is 0 Å².